The molecule has 104 valence electrons. The largest absolute Gasteiger partial charge is 0.324 e. The smallest absolute Gasteiger partial charge is 0.241 e. The monoisotopic (exact) mass is 260 g/mol. The highest BCUT2D eigenvalue weighted by Gasteiger charge is 2.19. The summed E-state index contributed by atoms with van der Waals surface area (Å²) in [4.78, 5) is 12.4. The highest BCUT2D eigenvalue weighted by molar-refractivity contribution is 5.96. The van der Waals surface area contributed by atoms with Crippen molar-refractivity contribution in [1.29, 1.82) is 0 Å². The van der Waals surface area contributed by atoms with Crippen LogP contribution in [0, 0.1) is 13.8 Å². The van der Waals surface area contributed by atoms with Crippen LogP contribution in [0.3, 0.4) is 0 Å². The summed E-state index contributed by atoms with van der Waals surface area (Å²) >= 11 is 0. The molecule has 1 atom stereocenters. The van der Waals surface area contributed by atoms with Crippen LogP contribution in [0.4, 0.5) is 5.69 Å². The molecule has 3 nitrogen and oxygen atoms in total. The van der Waals surface area contributed by atoms with E-state index in [0.717, 1.165) is 36.2 Å². The van der Waals surface area contributed by atoms with E-state index in [9.17, 15) is 4.79 Å². The third kappa shape index (κ3) is 3.80. The molecular formula is C16H24N2O. The maximum Gasteiger partial charge on any atom is 0.241 e. The lowest BCUT2D eigenvalue weighted by Crippen LogP contribution is -2.41. The predicted octanol–water partition coefficient (Wildman–Crippen LogP) is 3.16. The van der Waals surface area contributed by atoms with E-state index in [1.54, 1.807) is 0 Å². The van der Waals surface area contributed by atoms with Gasteiger partial charge in [0.2, 0.25) is 5.91 Å². The van der Waals surface area contributed by atoms with Crippen LogP contribution in [0.2, 0.25) is 0 Å². The van der Waals surface area contributed by atoms with Crippen LogP contribution in [-0.2, 0) is 4.79 Å². The van der Waals surface area contributed by atoms with E-state index in [-0.39, 0.29) is 11.9 Å². The lowest BCUT2D eigenvalue weighted by atomic mass is 10.0. The van der Waals surface area contributed by atoms with Crippen LogP contribution >= 0.6 is 0 Å². The molecule has 1 heterocycles. The van der Waals surface area contributed by atoms with Gasteiger partial charge in [-0.3, -0.25) is 4.79 Å². The minimum Gasteiger partial charge on any atom is -0.324 e. The average Bonchev–Trinajstić information content (AvgIpc) is 2.33. The van der Waals surface area contributed by atoms with Crippen molar-refractivity contribution in [2.24, 2.45) is 0 Å². The number of amides is 1. The summed E-state index contributed by atoms with van der Waals surface area (Å²) < 4.78 is 0. The van der Waals surface area contributed by atoms with Crippen molar-refractivity contribution in [1.82, 2.24) is 5.32 Å². The molecule has 1 amide bonds. The topological polar surface area (TPSA) is 41.1 Å². The van der Waals surface area contributed by atoms with Crippen LogP contribution in [-0.4, -0.2) is 18.5 Å². The van der Waals surface area contributed by atoms with Crippen LogP contribution in [0.25, 0.3) is 0 Å². The Bertz CT molecular complexity index is 414. The molecule has 2 rings (SSSR count). The van der Waals surface area contributed by atoms with Gasteiger partial charge < -0.3 is 10.6 Å². The second-order valence-electron chi connectivity index (χ2n) is 5.47. The first-order valence-corrected chi connectivity index (χ1v) is 7.29. The highest BCUT2D eigenvalue weighted by atomic mass is 16.2. The molecule has 1 aromatic carbocycles. The van der Waals surface area contributed by atoms with Crippen molar-refractivity contribution in [3.05, 3.63) is 29.3 Å². The number of rotatable bonds is 2. The molecule has 0 aromatic heterocycles. The molecule has 1 aromatic rings. The van der Waals surface area contributed by atoms with Gasteiger partial charge in [0, 0.05) is 5.69 Å². The zero-order valence-electron chi connectivity index (χ0n) is 12.0. The molecule has 0 saturated carbocycles. The second kappa shape index (κ2) is 6.71. The fourth-order valence-corrected chi connectivity index (χ4v) is 2.65. The molecule has 1 aliphatic heterocycles. The van der Waals surface area contributed by atoms with E-state index >= 15 is 0 Å². The molecule has 0 spiro atoms. The van der Waals surface area contributed by atoms with E-state index in [4.69, 9.17) is 0 Å². The first kappa shape index (κ1) is 14.1. The Morgan fingerprint density at radius 1 is 1.16 bits per heavy atom. The number of aryl methyl sites for hydroxylation is 2. The van der Waals surface area contributed by atoms with Gasteiger partial charge in [0.1, 0.15) is 0 Å². The minimum absolute atomic E-state index is 0.0423. The number of benzene rings is 1. The van der Waals surface area contributed by atoms with Crippen LogP contribution in [0.5, 0.6) is 0 Å². The molecule has 2 N–H and O–H groups in total. The van der Waals surface area contributed by atoms with E-state index < -0.39 is 0 Å². The Balaban J connectivity index is 2.03. The Morgan fingerprint density at radius 2 is 1.84 bits per heavy atom. The molecule has 0 bridgehead atoms. The van der Waals surface area contributed by atoms with Gasteiger partial charge in [-0.05, 0) is 44.4 Å². The summed E-state index contributed by atoms with van der Waals surface area (Å²) in [6, 6.07) is 6.05. The number of carbonyl (C=O) groups is 1. The molecule has 3 heteroatoms. The molecule has 19 heavy (non-hydrogen) atoms. The third-order valence-electron chi connectivity index (χ3n) is 3.86. The maximum absolute atomic E-state index is 12.4. The number of nitrogens with one attached hydrogen (secondary N) is 2. The van der Waals surface area contributed by atoms with Gasteiger partial charge in [-0.2, -0.15) is 0 Å². The van der Waals surface area contributed by atoms with Gasteiger partial charge in [-0.1, -0.05) is 37.5 Å². The Hall–Kier alpha value is -1.35. The second-order valence-corrected chi connectivity index (χ2v) is 5.47. The van der Waals surface area contributed by atoms with Crippen LogP contribution in [0.15, 0.2) is 18.2 Å². The summed E-state index contributed by atoms with van der Waals surface area (Å²) in [5.41, 5.74) is 3.22. The quantitative estimate of drug-likeness (QED) is 0.857. The number of para-hydroxylation sites is 1. The SMILES string of the molecule is Cc1cccc(C)c1NC(=O)C1CCCCCCN1. The Morgan fingerprint density at radius 3 is 2.58 bits per heavy atom. The molecule has 1 fully saturated rings. The maximum atomic E-state index is 12.4. The fraction of sp³-hybridized carbons (Fsp3) is 0.562. The Kier molecular flexibility index (Phi) is 4.97. The van der Waals surface area contributed by atoms with Gasteiger partial charge in [-0.25, -0.2) is 0 Å². The first-order chi connectivity index (χ1) is 9.18. The van der Waals surface area contributed by atoms with Crippen LogP contribution in [0.1, 0.15) is 43.2 Å². The van der Waals surface area contributed by atoms with E-state index in [1.165, 1.54) is 19.3 Å². The fourth-order valence-electron chi connectivity index (χ4n) is 2.65. The van der Waals surface area contributed by atoms with E-state index in [1.807, 2.05) is 32.0 Å². The van der Waals surface area contributed by atoms with Crippen LogP contribution < -0.4 is 10.6 Å². The zero-order chi connectivity index (χ0) is 13.7. The molecular weight excluding hydrogens is 236 g/mol. The normalized spacial score (nSPS) is 20.4. The molecule has 1 unspecified atom stereocenters. The molecule has 1 saturated heterocycles. The van der Waals surface area contributed by atoms with Crippen molar-refractivity contribution in [2.45, 2.75) is 52.0 Å². The van der Waals surface area contributed by atoms with Gasteiger partial charge in [0.05, 0.1) is 6.04 Å². The molecule has 0 aliphatic carbocycles. The number of hydrogen-bond acceptors (Lipinski definition) is 2. The molecule has 0 radical (unpaired) electrons. The summed E-state index contributed by atoms with van der Waals surface area (Å²) in [5, 5.41) is 6.46. The van der Waals surface area contributed by atoms with Crippen molar-refractivity contribution < 1.29 is 4.79 Å². The zero-order valence-corrected chi connectivity index (χ0v) is 12.0. The number of hydrogen-bond donors (Lipinski definition) is 2. The van der Waals surface area contributed by atoms with Gasteiger partial charge in [0.15, 0.2) is 0 Å². The van der Waals surface area contributed by atoms with Gasteiger partial charge >= 0.3 is 0 Å². The Labute approximate surface area is 115 Å². The highest BCUT2D eigenvalue weighted by Crippen LogP contribution is 2.20. The average molecular weight is 260 g/mol. The summed E-state index contributed by atoms with van der Waals surface area (Å²) in [6.07, 6.45) is 5.77. The lowest BCUT2D eigenvalue weighted by Gasteiger charge is -2.22. The summed E-state index contributed by atoms with van der Waals surface area (Å²) in [5.74, 6) is 0.110. The molecule has 1 aliphatic rings. The van der Waals surface area contributed by atoms with Crippen molar-refractivity contribution in [2.75, 3.05) is 11.9 Å². The summed E-state index contributed by atoms with van der Waals surface area (Å²) in [6.45, 7) is 5.02. The van der Waals surface area contributed by atoms with Crippen molar-refractivity contribution in [3.63, 3.8) is 0 Å². The standard InChI is InChI=1S/C16H24N2O/c1-12-8-7-9-13(2)15(12)18-16(19)14-10-5-3-4-6-11-17-14/h7-9,14,17H,3-6,10-11H2,1-2H3,(H,18,19). The predicted molar refractivity (Wildman–Crippen MR) is 79.4 cm³/mol. The van der Waals surface area contributed by atoms with Gasteiger partial charge in [-0.15, -0.1) is 0 Å². The van der Waals surface area contributed by atoms with Crippen molar-refractivity contribution in [3.8, 4) is 0 Å². The third-order valence-corrected chi connectivity index (χ3v) is 3.86. The minimum atomic E-state index is -0.0423. The lowest BCUT2D eigenvalue weighted by molar-refractivity contribution is -0.118. The van der Waals surface area contributed by atoms with E-state index in [0.29, 0.717) is 0 Å². The first-order valence-electron chi connectivity index (χ1n) is 7.29. The van der Waals surface area contributed by atoms with E-state index in [2.05, 4.69) is 10.6 Å². The number of anilines is 1. The summed E-state index contributed by atoms with van der Waals surface area (Å²) in [7, 11) is 0. The van der Waals surface area contributed by atoms with Crippen molar-refractivity contribution >= 4 is 11.6 Å². The van der Waals surface area contributed by atoms with Gasteiger partial charge in [0.25, 0.3) is 0 Å². The number of carbonyl (C=O) groups excluding carboxylic acids is 1.